The second-order valence-electron chi connectivity index (χ2n) is 20.6. The molecule has 2 saturated heterocycles. The number of aliphatic hydroxyl groups is 1. The first-order valence-corrected chi connectivity index (χ1v) is 27.6. The number of benzene rings is 1. The molecule has 5 aromatic heterocycles. The van der Waals surface area contributed by atoms with Crippen molar-refractivity contribution in [3.8, 4) is 39.7 Å². The maximum Gasteiger partial charge on any atom is 0.303 e. The second-order valence-corrected chi connectivity index (χ2v) is 22.6. The molecule has 2 fully saturated rings. The molecule has 0 bridgehead atoms. The Balaban J connectivity index is 0.775. The van der Waals surface area contributed by atoms with E-state index < -0.39 is 59.7 Å². The number of aryl methyl sites for hydroxylation is 2. The van der Waals surface area contributed by atoms with Gasteiger partial charge in [-0.25, -0.2) is 24.0 Å². The number of halogens is 1. The number of phenols is 1. The largest absolute Gasteiger partial charge is 0.508 e. The lowest BCUT2D eigenvalue weighted by molar-refractivity contribution is -0.142. The summed E-state index contributed by atoms with van der Waals surface area (Å²) in [5, 5.41) is 57.4. The molecule has 25 heteroatoms. The van der Waals surface area contributed by atoms with Crippen LogP contribution in [0.3, 0.4) is 0 Å². The molecule has 6 aromatic rings. The molecule has 1 aromatic carbocycles. The van der Waals surface area contributed by atoms with Crippen LogP contribution in [0.1, 0.15) is 124 Å². The van der Waals surface area contributed by atoms with E-state index in [0.29, 0.717) is 51.1 Å². The van der Waals surface area contributed by atoms with Crippen molar-refractivity contribution in [2.75, 3.05) is 50.0 Å². The van der Waals surface area contributed by atoms with E-state index >= 15 is 4.39 Å². The average molecular weight is 1100 g/mol. The fourth-order valence-corrected chi connectivity index (χ4v) is 12.9. The average Bonchev–Trinajstić information content (AvgIpc) is 4.29. The topological polar surface area (TPSA) is 301 Å². The standard InChI is InChI=1S/C52H63FN14O8S2/c1-28(2)44(49(73)66-25-31(68)20-38(66)48(72)58-36(11-12-42(70)71)33-21-35(53)32(22-39(33)69)45-30(4)57-27-76-45)67-26-41(61-63-67)74-19-7-6-16-64-17-9-18-65(29(3)24-64)51-56-15-13-37(59-51)47-60-50(75-62-47)52(5)14-8-10-40-43(52)34(23-54)46(55)77-40/h13,15,21-22,26-29,31,36,38,44,68-69H,6-12,14,16-20,24-25,55H2,1-5H3,(H,58,72)(H,70,71)/t29-,31+,36-,38-,44-,52-/m0/s1. The van der Waals surface area contributed by atoms with Crippen molar-refractivity contribution >= 4 is 51.4 Å². The minimum Gasteiger partial charge on any atom is -0.508 e. The number of carboxylic acids is 1. The Bertz CT molecular complexity index is 3150. The van der Waals surface area contributed by atoms with Crippen LogP contribution in [0.15, 0.2) is 40.6 Å². The van der Waals surface area contributed by atoms with Crippen molar-refractivity contribution in [1.29, 1.82) is 5.26 Å². The summed E-state index contributed by atoms with van der Waals surface area (Å²) in [5.41, 5.74) is 9.73. The Morgan fingerprint density at radius 3 is 2.71 bits per heavy atom. The molecule has 2 aliphatic heterocycles. The first-order valence-electron chi connectivity index (χ1n) is 25.9. The van der Waals surface area contributed by atoms with E-state index in [0.717, 1.165) is 81.2 Å². The molecule has 2 amide bonds. The number of β-amino-alcohol motifs (C(OH)–C–C–N with tert-alkyl or cyclic N) is 1. The number of carboxylic acid groups (broad SMARTS) is 1. The number of nitrogen functional groups attached to an aromatic ring is 1. The van der Waals surface area contributed by atoms with E-state index in [2.05, 4.69) is 53.5 Å². The summed E-state index contributed by atoms with van der Waals surface area (Å²) in [6.07, 6.45) is 6.48. The van der Waals surface area contributed by atoms with Crippen LogP contribution >= 0.6 is 22.7 Å². The number of ether oxygens (including phenoxy) is 1. The quantitative estimate of drug-likeness (QED) is 0.0564. The van der Waals surface area contributed by atoms with Gasteiger partial charge in [0, 0.05) is 66.3 Å². The van der Waals surface area contributed by atoms with Gasteiger partial charge in [0.1, 0.15) is 40.4 Å². The number of hydrogen-bond acceptors (Lipinski definition) is 20. The molecule has 1 aliphatic carbocycles. The molecular formula is C52H63FN14O8S2. The zero-order valence-electron chi connectivity index (χ0n) is 43.6. The summed E-state index contributed by atoms with van der Waals surface area (Å²) >= 11 is 2.66. The zero-order chi connectivity index (χ0) is 54.7. The molecule has 408 valence electrons. The molecule has 6 atom stereocenters. The maximum absolute atomic E-state index is 15.6. The van der Waals surface area contributed by atoms with Crippen LogP contribution in [-0.4, -0.2) is 141 Å². The number of aromatic hydroxyl groups is 1. The normalized spacial score (nSPS) is 20.6. The summed E-state index contributed by atoms with van der Waals surface area (Å²) in [6.45, 7) is 13.0. The van der Waals surface area contributed by atoms with Gasteiger partial charge < -0.3 is 50.3 Å². The third-order valence-corrected chi connectivity index (χ3v) is 16.8. The number of carbonyl (C=O) groups is 3. The molecule has 9 rings (SSSR count). The third kappa shape index (κ3) is 11.6. The van der Waals surface area contributed by atoms with Gasteiger partial charge in [-0.1, -0.05) is 29.3 Å². The molecule has 0 spiro atoms. The number of nitrogens with one attached hydrogen (secondary N) is 1. The molecule has 77 heavy (non-hydrogen) atoms. The monoisotopic (exact) mass is 1090 g/mol. The number of aliphatic carboxylic acids is 1. The number of aromatic nitrogens is 8. The Kier molecular flexibility index (Phi) is 16.5. The van der Waals surface area contributed by atoms with Gasteiger partial charge in [-0.15, -0.1) is 22.7 Å². The summed E-state index contributed by atoms with van der Waals surface area (Å²) in [7, 11) is 0. The SMILES string of the molecule is Cc1ncsc1-c1cc(O)c([C@H](CCC(=O)O)NC(=O)[C@@H]2C[C@@H](O)CN2C(=O)[C@H](C(C)C)n2cc(OCCCCN3CCCN(c4nccc(-c5noc([C@@]6(C)CCCc7sc(N)c(C#N)c76)n5)n4)[C@@H](C)C3)nn2)cc1F. The van der Waals surface area contributed by atoms with Crippen LogP contribution in [0, 0.1) is 30.0 Å². The molecule has 0 saturated carbocycles. The van der Waals surface area contributed by atoms with Crippen LogP contribution in [-0.2, 0) is 26.2 Å². The van der Waals surface area contributed by atoms with Crippen molar-refractivity contribution in [3.05, 3.63) is 75.1 Å². The number of unbranched alkanes of at least 4 members (excludes halogenated alkanes) is 1. The Labute approximate surface area is 452 Å². The molecule has 0 radical (unpaired) electrons. The van der Waals surface area contributed by atoms with Crippen molar-refractivity contribution in [2.24, 2.45) is 5.92 Å². The predicted molar refractivity (Wildman–Crippen MR) is 282 cm³/mol. The van der Waals surface area contributed by atoms with Gasteiger partial charge in [0.25, 0.3) is 5.88 Å². The highest BCUT2D eigenvalue weighted by molar-refractivity contribution is 7.16. The van der Waals surface area contributed by atoms with Crippen molar-refractivity contribution in [3.63, 3.8) is 0 Å². The van der Waals surface area contributed by atoms with E-state index in [1.807, 2.05) is 20.8 Å². The number of rotatable bonds is 19. The minimum absolute atomic E-state index is 0.0304. The highest BCUT2D eigenvalue weighted by Gasteiger charge is 2.45. The minimum atomic E-state index is -1.17. The highest BCUT2D eigenvalue weighted by Crippen LogP contribution is 2.49. The number of phenolic OH excluding ortho intramolecular Hbond substituents is 1. The van der Waals surface area contributed by atoms with Gasteiger partial charge in [0.2, 0.25) is 29.5 Å². The molecular weight excluding hydrogens is 1030 g/mol. The van der Waals surface area contributed by atoms with E-state index in [4.69, 9.17) is 25.0 Å². The number of amides is 2. The summed E-state index contributed by atoms with van der Waals surface area (Å²) in [6, 6.07) is 3.22. The number of thiazole rings is 1. The van der Waals surface area contributed by atoms with E-state index in [1.54, 1.807) is 30.9 Å². The van der Waals surface area contributed by atoms with Gasteiger partial charge in [0.05, 0.1) is 52.0 Å². The highest BCUT2D eigenvalue weighted by atomic mass is 32.1. The zero-order valence-corrected chi connectivity index (χ0v) is 45.2. The number of nitrogens with zero attached hydrogens (tertiary/aromatic N) is 12. The number of thiophene rings is 1. The number of nitrogens with two attached hydrogens (primary N) is 1. The van der Waals surface area contributed by atoms with Crippen LogP contribution in [0.5, 0.6) is 11.6 Å². The first-order chi connectivity index (χ1) is 36.9. The van der Waals surface area contributed by atoms with Crippen molar-refractivity contribution in [1.82, 2.24) is 55.2 Å². The fraction of sp³-hybridized carbons (Fsp3) is 0.519. The van der Waals surface area contributed by atoms with Gasteiger partial charge >= 0.3 is 5.97 Å². The Morgan fingerprint density at radius 2 is 1.96 bits per heavy atom. The lowest BCUT2D eigenvalue weighted by Crippen LogP contribution is -2.49. The van der Waals surface area contributed by atoms with Crippen LogP contribution in [0.2, 0.25) is 0 Å². The number of carbonyl (C=O) groups excluding carboxylic acids is 2. The lowest BCUT2D eigenvalue weighted by Gasteiger charge is -2.31. The van der Waals surface area contributed by atoms with Gasteiger partial charge in [-0.2, -0.15) is 10.2 Å². The fourth-order valence-electron chi connectivity index (χ4n) is 10.9. The number of hydrogen-bond donors (Lipinski definition) is 5. The van der Waals surface area contributed by atoms with Crippen LogP contribution < -0.4 is 20.7 Å². The van der Waals surface area contributed by atoms with Crippen molar-refractivity contribution in [2.45, 2.75) is 128 Å². The number of likely N-dealkylation sites (tertiary alicyclic amines) is 1. The Hall–Kier alpha value is -7.14. The lowest BCUT2D eigenvalue weighted by atomic mass is 9.72. The third-order valence-electron chi connectivity index (χ3n) is 14.8. The van der Waals surface area contributed by atoms with Gasteiger partial charge in [-0.3, -0.25) is 14.4 Å². The number of nitriles is 1. The first kappa shape index (κ1) is 54.6. The summed E-state index contributed by atoms with van der Waals surface area (Å²) in [5.74, 6) is -2.16. The number of aliphatic hydroxyl groups excluding tert-OH is 1. The van der Waals surface area contributed by atoms with Gasteiger partial charge in [0.15, 0.2) is 0 Å². The summed E-state index contributed by atoms with van der Waals surface area (Å²) in [4.78, 5) is 66.1. The van der Waals surface area contributed by atoms with Crippen LogP contribution in [0.4, 0.5) is 15.3 Å². The van der Waals surface area contributed by atoms with E-state index in [-0.39, 0.29) is 54.1 Å². The number of fused-ring (bicyclic) bond motifs is 1. The number of anilines is 2. The maximum atomic E-state index is 15.6. The van der Waals surface area contributed by atoms with E-state index in [1.165, 1.54) is 38.3 Å². The molecule has 22 nitrogen and oxygen atoms in total. The van der Waals surface area contributed by atoms with Gasteiger partial charge in [-0.05, 0) is 103 Å². The molecule has 3 aliphatic rings. The predicted octanol–water partition coefficient (Wildman–Crippen LogP) is 6.19. The smallest absolute Gasteiger partial charge is 0.303 e. The molecule has 6 N–H and O–H groups in total. The Morgan fingerprint density at radius 1 is 1.14 bits per heavy atom. The molecule has 0 unspecified atom stereocenters. The second kappa shape index (κ2) is 23.2. The van der Waals surface area contributed by atoms with Crippen LogP contribution in [0.25, 0.3) is 22.0 Å². The van der Waals surface area contributed by atoms with E-state index in [9.17, 15) is 35.0 Å². The molecule has 7 heterocycles. The summed E-state index contributed by atoms with van der Waals surface area (Å²) < 4.78 is 28.9. The van der Waals surface area contributed by atoms with Crippen molar-refractivity contribution < 1.29 is 43.4 Å².